The molecular weight excluding hydrogens is 152 g/mol. The molecule has 0 rings (SSSR count). The molecule has 0 saturated heterocycles. The summed E-state index contributed by atoms with van der Waals surface area (Å²) in [6.07, 6.45) is 2.22. The molecule has 0 saturated carbocycles. The second-order valence-corrected chi connectivity index (χ2v) is 4.15. The molecule has 0 unspecified atom stereocenters. The van der Waals surface area contributed by atoms with Crippen LogP contribution in [0.4, 0.5) is 0 Å². The van der Waals surface area contributed by atoms with E-state index in [9.17, 15) is 0 Å². The molecule has 0 heterocycles. The van der Waals surface area contributed by atoms with Gasteiger partial charge in [-0.1, -0.05) is 6.04 Å². The SMILES string of the molecule is CCOC[SiH2]CCCCl. The van der Waals surface area contributed by atoms with E-state index in [1.54, 1.807) is 0 Å². The zero-order valence-corrected chi connectivity index (χ0v) is 8.20. The molecule has 0 N–H and O–H groups in total. The lowest BCUT2D eigenvalue weighted by Crippen LogP contribution is -2.02. The van der Waals surface area contributed by atoms with Crippen molar-refractivity contribution in [3.63, 3.8) is 0 Å². The van der Waals surface area contributed by atoms with Crippen molar-refractivity contribution >= 4 is 21.1 Å². The maximum Gasteiger partial charge on any atom is 0.0516 e. The highest BCUT2D eigenvalue weighted by Gasteiger charge is 1.87. The summed E-state index contributed by atoms with van der Waals surface area (Å²) in [5.74, 6) is 0.819. The first-order valence-corrected chi connectivity index (χ1v) is 6.09. The number of halogens is 1. The molecule has 0 fully saturated rings. The Morgan fingerprint density at radius 2 is 2.33 bits per heavy atom. The van der Waals surface area contributed by atoms with Gasteiger partial charge in [-0.05, 0) is 13.3 Å². The lowest BCUT2D eigenvalue weighted by molar-refractivity contribution is 0.192. The van der Waals surface area contributed by atoms with Gasteiger partial charge in [0.15, 0.2) is 0 Å². The molecular formula is C6H15ClOSi. The third-order valence-electron chi connectivity index (χ3n) is 1.13. The van der Waals surface area contributed by atoms with Crippen LogP contribution in [0.3, 0.4) is 0 Å². The van der Waals surface area contributed by atoms with Gasteiger partial charge < -0.3 is 4.74 Å². The third kappa shape index (κ3) is 8.47. The van der Waals surface area contributed by atoms with Crippen molar-refractivity contribution in [2.24, 2.45) is 0 Å². The zero-order chi connectivity index (χ0) is 6.95. The smallest absolute Gasteiger partial charge is 0.0516 e. The largest absolute Gasteiger partial charge is 0.386 e. The molecule has 0 spiro atoms. The van der Waals surface area contributed by atoms with Crippen LogP contribution in [0, 0.1) is 0 Å². The van der Waals surface area contributed by atoms with Crippen LogP contribution in [0.2, 0.25) is 6.04 Å². The van der Waals surface area contributed by atoms with E-state index in [1.807, 2.05) is 6.92 Å². The fourth-order valence-corrected chi connectivity index (χ4v) is 2.43. The number of hydrogen-bond acceptors (Lipinski definition) is 1. The van der Waals surface area contributed by atoms with Crippen molar-refractivity contribution in [2.75, 3.05) is 18.7 Å². The van der Waals surface area contributed by atoms with Crippen molar-refractivity contribution < 1.29 is 4.74 Å². The lowest BCUT2D eigenvalue weighted by atomic mass is 10.6. The van der Waals surface area contributed by atoms with E-state index in [1.165, 1.54) is 12.5 Å². The Labute approximate surface area is 64.6 Å². The Morgan fingerprint density at radius 1 is 1.56 bits per heavy atom. The van der Waals surface area contributed by atoms with Crippen LogP contribution in [-0.2, 0) is 4.74 Å². The summed E-state index contributed by atoms with van der Waals surface area (Å²) < 4.78 is 5.20. The van der Waals surface area contributed by atoms with Crippen molar-refractivity contribution in [3.8, 4) is 0 Å². The highest BCUT2D eigenvalue weighted by atomic mass is 35.5. The predicted octanol–water partition coefficient (Wildman–Crippen LogP) is 1.20. The zero-order valence-electron chi connectivity index (χ0n) is 6.03. The first kappa shape index (κ1) is 9.47. The fourth-order valence-electron chi connectivity index (χ4n) is 0.620. The minimum absolute atomic E-state index is 0.0827. The van der Waals surface area contributed by atoms with Crippen molar-refractivity contribution in [1.29, 1.82) is 0 Å². The average molecular weight is 167 g/mol. The molecule has 0 radical (unpaired) electrons. The Balaban J connectivity index is 2.60. The molecule has 0 aliphatic rings. The van der Waals surface area contributed by atoms with E-state index in [0.29, 0.717) is 0 Å². The van der Waals surface area contributed by atoms with Gasteiger partial charge in [-0.3, -0.25) is 0 Å². The van der Waals surface area contributed by atoms with Crippen LogP contribution in [0.15, 0.2) is 0 Å². The van der Waals surface area contributed by atoms with Crippen molar-refractivity contribution in [2.45, 2.75) is 19.4 Å². The maximum absolute atomic E-state index is 5.50. The molecule has 0 aliphatic carbocycles. The minimum atomic E-state index is 0.0827. The summed E-state index contributed by atoms with van der Waals surface area (Å²) in [4.78, 5) is 0. The quantitative estimate of drug-likeness (QED) is 0.328. The molecule has 0 atom stereocenters. The van der Waals surface area contributed by atoms with E-state index >= 15 is 0 Å². The van der Waals surface area contributed by atoms with E-state index in [0.717, 1.165) is 18.7 Å². The van der Waals surface area contributed by atoms with Gasteiger partial charge in [0, 0.05) is 18.7 Å². The molecule has 9 heavy (non-hydrogen) atoms. The average Bonchev–Trinajstić information content (AvgIpc) is 1.89. The van der Waals surface area contributed by atoms with Gasteiger partial charge in [0.2, 0.25) is 0 Å². The predicted molar refractivity (Wildman–Crippen MR) is 45.2 cm³/mol. The summed E-state index contributed by atoms with van der Waals surface area (Å²) in [6.45, 7) is 2.91. The molecule has 1 nitrogen and oxygen atoms in total. The second kappa shape index (κ2) is 8.47. The summed E-state index contributed by atoms with van der Waals surface area (Å²) in [5, 5.41) is 0. The Bertz CT molecular complexity index is 46.3. The van der Waals surface area contributed by atoms with Gasteiger partial charge >= 0.3 is 0 Å². The van der Waals surface area contributed by atoms with Crippen LogP contribution < -0.4 is 0 Å². The Hall–Kier alpha value is 0.467. The highest BCUT2D eigenvalue weighted by Crippen LogP contribution is 1.90. The monoisotopic (exact) mass is 166 g/mol. The molecule has 0 aromatic heterocycles. The summed E-state index contributed by atoms with van der Waals surface area (Å²) in [5.41, 5.74) is 0. The standard InChI is InChI=1S/C6H15ClOSi/c1-2-8-6-9-5-3-4-7/h2-6,9H2,1H3. The number of rotatable bonds is 6. The highest BCUT2D eigenvalue weighted by molar-refractivity contribution is 6.35. The third-order valence-corrected chi connectivity index (χ3v) is 2.97. The molecule has 0 amide bonds. The Morgan fingerprint density at radius 3 is 2.89 bits per heavy atom. The van der Waals surface area contributed by atoms with Crippen LogP contribution in [-0.4, -0.2) is 28.2 Å². The molecule has 3 heteroatoms. The first-order valence-electron chi connectivity index (χ1n) is 3.55. The topological polar surface area (TPSA) is 9.23 Å². The normalized spacial score (nSPS) is 11.3. The second-order valence-electron chi connectivity index (χ2n) is 1.95. The maximum atomic E-state index is 5.50. The summed E-state index contributed by atoms with van der Waals surface area (Å²) in [6, 6.07) is 1.34. The van der Waals surface area contributed by atoms with Crippen LogP contribution in [0.25, 0.3) is 0 Å². The molecule has 0 bridgehead atoms. The van der Waals surface area contributed by atoms with Gasteiger partial charge in [-0.25, -0.2) is 0 Å². The van der Waals surface area contributed by atoms with E-state index in [4.69, 9.17) is 16.3 Å². The van der Waals surface area contributed by atoms with Gasteiger partial charge in [0.05, 0.1) is 9.52 Å². The van der Waals surface area contributed by atoms with E-state index in [2.05, 4.69) is 0 Å². The van der Waals surface area contributed by atoms with Gasteiger partial charge in [0.25, 0.3) is 0 Å². The van der Waals surface area contributed by atoms with Gasteiger partial charge in [0.1, 0.15) is 0 Å². The number of ether oxygens (including phenoxy) is 1. The van der Waals surface area contributed by atoms with Crippen LogP contribution in [0.5, 0.6) is 0 Å². The fraction of sp³-hybridized carbons (Fsp3) is 1.00. The van der Waals surface area contributed by atoms with E-state index in [-0.39, 0.29) is 9.52 Å². The minimum Gasteiger partial charge on any atom is -0.386 e. The summed E-state index contributed by atoms with van der Waals surface area (Å²) >= 11 is 5.50. The molecule has 0 aromatic rings. The number of alkyl halides is 1. The number of hydrogen-bond donors (Lipinski definition) is 0. The molecule has 0 aliphatic heterocycles. The van der Waals surface area contributed by atoms with E-state index < -0.39 is 0 Å². The lowest BCUT2D eigenvalue weighted by Gasteiger charge is -1.97. The first-order chi connectivity index (χ1) is 4.41. The van der Waals surface area contributed by atoms with Crippen molar-refractivity contribution in [1.82, 2.24) is 0 Å². The molecule has 0 aromatic carbocycles. The van der Waals surface area contributed by atoms with Crippen LogP contribution >= 0.6 is 11.6 Å². The van der Waals surface area contributed by atoms with Crippen LogP contribution in [0.1, 0.15) is 13.3 Å². The molecule has 56 valence electrons. The van der Waals surface area contributed by atoms with Crippen molar-refractivity contribution in [3.05, 3.63) is 0 Å². The van der Waals surface area contributed by atoms with Gasteiger partial charge in [-0.15, -0.1) is 11.6 Å². The Kier molecular flexibility index (Phi) is 8.91. The van der Waals surface area contributed by atoms with Gasteiger partial charge in [-0.2, -0.15) is 0 Å². The summed E-state index contributed by atoms with van der Waals surface area (Å²) in [7, 11) is 0.0827.